The number of hydrogen-bond donors (Lipinski definition) is 2. The molecule has 0 bridgehead atoms. The summed E-state index contributed by atoms with van der Waals surface area (Å²) in [4.78, 5) is 21.8. The van der Waals surface area contributed by atoms with Crippen LogP contribution >= 0.6 is 11.6 Å². The van der Waals surface area contributed by atoms with Crippen LogP contribution < -0.4 is 10.6 Å². The van der Waals surface area contributed by atoms with Crippen LogP contribution in [0.15, 0.2) is 42.5 Å². The van der Waals surface area contributed by atoms with Gasteiger partial charge in [-0.15, -0.1) is 0 Å². The van der Waals surface area contributed by atoms with Gasteiger partial charge in [0.05, 0.1) is 21.7 Å². The van der Waals surface area contributed by atoms with Gasteiger partial charge in [0.15, 0.2) is 11.5 Å². The highest BCUT2D eigenvalue weighted by molar-refractivity contribution is 6.34. The fraction of sp³-hybridized carbons (Fsp3) is 0.211. The molecule has 0 unspecified atom stereocenters. The van der Waals surface area contributed by atoms with Crippen LogP contribution in [0.1, 0.15) is 29.4 Å². The van der Waals surface area contributed by atoms with E-state index in [1.54, 1.807) is 12.1 Å². The predicted molar refractivity (Wildman–Crippen MR) is 102 cm³/mol. The molecule has 0 atom stereocenters. The highest BCUT2D eigenvalue weighted by Gasteiger charge is 2.17. The normalized spacial score (nSPS) is 10.7. The summed E-state index contributed by atoms with van der Waals surface area (Å²) < 4.78 is 0. The van der Waals surface area contributed by atoms with E-state index in [0.717, 1.165) is 17.5 Å². The summed E-state index contributed by atoms with van der Waals surface area (Å²) in [5.41, 5.74) is 3.24. The van der Waals surface area contributed by atoms with Crippen molar-refractivity contribution >= 4 is 40.0 Å². The van der Waals surface area contributed by atoms with Crippen LogP contribution in [0.3, 0.4) is 0 Å². The summed E-state index contributed by atoms with van der Waals surface area (Å²) in [5, 5.41) is 6.49. The van der Waals surface area contributed by atoms with Crippen molar-refractivity contribution in [1.29, 1.82) is 0 Å². The van der Waals surface area contributed by atoms with Gasteiger partial charge < -0.3 is 10.6 Å². The van der Waals surface area contributed by atoms with Gasteiger partial charge in [0, 0.05) is 6.54 Å². The lowest BCUT2D eigenvalue weighted by molar-refractivity contribution is 0.102. The lowest BCUT2D eigenvalue weighted by Gasteiger charge is -2.12. The fourth-order valence-electron chi connectivity index (χ4n) is 2.43. The average molecular weight is 355 g/mol. The van der Waals surface area contributed by atoms with Crippen molar-refractivity contribution in [3.63, 3.8) is 0 Å². The first-order chi connectivity index (χ1) is 12.1. The molecule has 0 aliphatic carbocycles. The van der Waals surface area contributed by atoms with Gasteiger partial charge in [0.25, 0.3) is 5.91 Å². The molecule has 0 aliphatic rings. The molecule has 2 N–H and O–H groups in total. The van der Waals surface area contributed by atoms with E-state index in [9.17, 15) is 4.79 Å². The SMILES string of the molecule is CCCNc1nc2ccccc2nc1C(=O)Nc1ccc(C)cc1Cl. The number of halogens is 1. The van der Waals surface area contributed by atoms with Crippen molar-refractivity contribution < 1.29 is 4.79 Å². The van der Waals surface area contributed by atoms with Gasteiger partial charge in [-0.05, 0) is 43.2 Å². The summed E-state index contributed by atoms with van der Waals surface area (Å²) in [7, 11) is 0. The zero-order valence-electron chi connectivity index (χ0n) is 14.1. The minimum absolute atomic E-state index is 0.254. The number of anilines is 2. The molecule has 1 amide bonds. The Morgan fingerprint density at radius 2 is 1.84 bits per heavy atom. The molecular weight excluding hydrogens is 336 g/mol. The summed E-state index contributed by atoms with van der Waals surface area (Å²) >= 11 is 6.21. The minimum Gasteiger partial charge on any atom is -0.368 e. The van der Waals surface area contributed by atoms with E-state index in [-0.39, 0.29) is 11.6 Å². The molecule has 0 aliphatic heterocycles. The van der Waals surface area contributed by atoms with Crippen molar-refractivity contribution in [1.82, 2.24) is 9.97 Å². The van der Waals surface area contributed by atoms with Crippen LogP contribution in [-0.2, 0) is 0 Å². The van der Waals surface area contributed by atoms with Crippen LogP contribution in [0.4, 0.5) is 11.5 Å². The number of hydrogen-bond acceptors (Lipinski definition) is 4. The molecule has 0 saturated heterocycles. The first kappa shape index (κ1) is 17.2. The standard InChI is InChI=1S/C19H19ClN4O/c1-3-10-21-18-17(22-15-6-4-5-7-16(15)23-18)19(25)24-14-9-8-12(2)11-13(14)20/h4-9,11H,3,10H2,1-2H3,(H,21,23)(H,24,25). The highest BCUT2D eigenvalue weighted by Crippen LogP contribution is 2.24. The van der Waals surface area contributed by atoms with Gasteiger partial charge in [-0.2, -0.15) is 0 Å². The molecule has 0 radical (unpaired) electrons. The van der Waals surface area contributed by atoms with Gasteiger partial charge in [0.1, 0.15) is 0 Å². The van der Waals surface area contributed by atoms with Gasteiger partial charge in [-0.25, -0.2) is 9.97 Å². The summed E-state index contributed by atoms with van der Waals surface area (Å²) in [6, 6.07) is 13.0. The molecule has 0 saturated carbocycles. The van der Waals surface area contributed by atoms with Crippen molar-refractivity contribution in [2.75, 3.05) is 17.2 Å². The maximum absolute atomic E-state index is 12.8. The molecule has 1 aromatic heterocycles. The van der Waals surface area contributed by atoms with Crippen molar-refractivity contribution in [3.8, 4) is 0 Å². The lowest BCUT2D eigenvalue weighted by Crippen LogP contribution is -2.18. The van der Waals surface area contributed by atoms with Crippen LogP contribution in [0.25, 0.3) is 11.0 Å². The molecule has 0 fully saturated rings. The Labute approximate surface area is 151 Å². The fourth-order valence-corrected chi connectivity index (χ4v) is 2.71. The average Bonchev–Trinajstić information content (AvgIpc) is 2.61. The second kappa shape index (κ2) is 7.49. The van der Waals surface area contributed by atoms with E-state index in [1.165, 1.54) is 0 Å². The van der Waals surface area contributed by atoms with Crippen LogP contribution in [-0.4, -0.2) is 22.4 Å². The zero-order chi connectivity index (χ0) is 17.8. The van der Waals surface area contributed by atoms with E-state index in [4.69, 9.17) is 11.6 Å². The molecular formula is C19H19ClN4O. The Hall–Kier alpha value is -2.66. The monoisotopic (exact) mass is 354 g/mol. The quantitative estimate of drug-likeness (QED) is 0.699. The van der Waals surface area contributed by atoms with E-state index in [1.807, 2.05) is 44.2 Å². The number of fused-ring (bicyclic) bond motifs is 1. The molecule has 25 heavy (non-hydrogen) atoms. The Balaban J connectivity index is 1.98. The summed E-state index contributed by atoms with van der Waals surface area (Å²) in [6.07, 6.45) is 0.916. The van der Waals surface area contributed by atoms with Crippen molar-refractivity contribution in [2.45, 2.75) is 20.3 Å². The Morgan fingerprint density at radius 1 is 1.12 bits per heavy atom. The lowest BCUT2D eigenvalue weighted by atomic mass is 10.2. The topological polar surface area (TPSA) is 66.9 Å². The summed E-state index contributed by atoms with van der Waals surface area (Å²) in [6.45, 7) is 4.70. The maximum atomic E-state index is 12.8. The van der Waals surface area contributed by atoms with Crippen LogP contribution in [0.5, 0.6) is 0 Å². The van der Waals surface area contributed by atoms with Crippen LogP contribution in [0.2, 0.25) is 5.02 Å². The minimum atomic E-state index is -0.345. The molecule has 5 nitrogen and oxygen atoms in total. The predicted octanol–water partition coefficient (Wildman–Crippen LogP) is 4.67. The number of carbonyl (C=O) groups is 1. The molecule has 6 heteroatoms. The molecule has 128 valence electrons. The molecule has 2 aromatic carbocycles. The second-order valence-electron chi connectivity index (χ2n) is 5.77. The Bertz CT molecular complexity index is 926. The number of nitrogens with one attached hydrogen (secondary N) is 2. The number of aryl methyl sites for hydroxylation is 1. The third kappa shape index (κ3) is 3.88. The number of para-hydroxylation sites is 2. The first-order valence-corrected chi connectivity index (χ1v) is 8.54. The van der Waals surface area contributed by atoms with E-state index in [0.29, 0.717) is 28.6 Å². The van der Waals surface area contributed by atoms with Crippen molar-refractivity contribution in [3.05, 3.63) is 58.7 Å². The number of rotatable bonds is 5. The maximum Gasteiger partial charge on any atom is 0.278 e. The molecule has 3 aromatic rings. The number of aromatic nitrogens is 2. The third-order valence-corrected chi connectivity index (χ3v) is 4.01. The molecule has 0 spiro atoms. The van der Waals surface area contributed by atoms with Gasteiger partial charge in [0.2, 0.25) is 0 Å². The number of benzene rings is 2. The smallest absolute Gasteiger partial charge is 0.278 e. The van der Waals surface area contributed by atoms with E-state index >= 15 is 0 Å². The van der Waals surface area contributed by atoms with E-state index < -0.39 is 0 Å². The van der Waals surface area contributed by atoms with Gasteiger partial charge >= 0.3 is 0 Å². The number of nitrogens with zero attached hydrogens (tertiary/aromatic N) is 2. The van der Waals surface area contributed by atoms with Gasteiger partial charge in [-0.1, -0.05) is 36.7 Å². The van der Waals surface area contributed by atoms with E-state index in [2.05, 4.69) is 20.6 Å². The largest absolute Gasteiger partial charge is 0.368 e. The van der Waals surface area contributed by atoms with Gasteiger partial charge in [-0.3, -0.25) is 4.79 Å². The third-order valence-electron chi connectivity index (χ3n) is 3.70. The van der Waals surface area contributed by atoms with Crippen LogP contribution in [0, 0.1) is 6.92 Å². The Morgan fingerprint density at radius 3 is 2.52 bits per heavy atom. The summed E-state index contributed by atoms with van der Waals surface area (Å²) in [5.74, 6) is 0.129. The second-order valence-corrected chi connectivity index (χ2v) is 6.18. The molecule has 1 heterocycles. The zero-order valence-corrected chi connectivity index (χ0v) is 14.9. The number of amides is 1. The van der Waals surface area contributed by atoms with Crippen molar-refractivity contribution in [2.24, 2.45) is 0 Å². The highest BCUT2D eigenvalue weighted by atomic mass is 35.5. The molecule has 3 rings (SSSR count). The Kier molecular flexibility index (Phi) is 5.14. The first-order valence-electron chi connectivity index (χ1n) is 8.16. The number of carbonyl (C=O) groups excluding carboxylic acids is 1.